The van der Waals surface area contributed by atoms with Gasteiger partial charge in [0, 0.05) is 23.9 Å². The average molecular weight is 286 g/mol. The van der Waals surface area contributed by atoms with E-state index in [0.29, 0.717) is 6.54 Å². The maximum absolute atomic E-state index is 12.0. The Morgan fingerprint density at radius 1 is 1.33 bits per heavy atom. The quantitative estimate of drug-likeness (QED) is 0.794. The van der Waals surface area contributed by atoms with Crippen LogP contribution >= 0.6 is 11.8 Å². The third-order valence-corrected chi connectivity index (χ3v) is 4.95. The van der Waals surface area contributed by atoms with Crippen LogP contribution in [0.1, 0.15) is 6.42 Å². The Hall–Kier alpha value is -1.05. The molecule has 1 aliphatic rings. The minimum Gasteiger partial charge on any atom is -0.354 e. The van der Waals surface area contributed by atoms with Crippen LogP contribution in [0, 0.1) is 0 Å². The van der Waals surface area contributed by atoms with Gasteiger partial charge in [-0.2, -0.15) is 0 Å². The van der Waals surface area contributed by atoms with E-state index in [1.807, 2.05) is 6.26 Å². The molecular formula is C11H14N2O3S2. The molecule has 0 aliphatic carbocycles. The second kappa shape index (κ2) is 5.29. The maximum atomic E-state index is 12.0. The van der Waals surface area contributed by atoms with Gasteiger partial charge in [0.2, 0.25) is 15.9 Å². The van der Waals surface area contributed by atoms with Crippen LogP contribution in [0.25, 0.3) is 0 Å². The van der Waals surface area contributed by atoms with Crippen LogP contribution in [-0.4, -0.2) is 33.2 Å². The first-order valence-electron chi connectivity index (χ1n) is 5.44. The lowest BCUT2D eigenvalue weighted by atomic mass is 10.3. The first-order valence-corrected chi connectivity index (χ1v) is 8.15. The summed E-state index contributed by atoms with van der Waals surface area (Å²) in [7, 11) is -3.54. The van der Waals surface area contributed by atoms with Crippen LogP contribution in [0.15, 0.2) is 34.1 Å². The summed E-state index contributed by atoms with van der Waals surface area (Å²) in [6.07, 6.45) is 2.12. The number of hydrogen-bond acceptors (Lipinski definition) is 4. The van der Waals surface area contributed by atoms with Crippen molar-refractivity contribution in [3.05, 3.63) is 24.3 Å². The van der Waals surface area contributed by atoms with Crippen molar-refractivity contribution in [2.75, 3.05) is 12.8 Å². The van der Waals surface area contributed by atoms with Crippen molar-refractivity contribution in [2.45, 2.75) is 22.3 Å². The summed E-state index contributed by atoms with van der Waals surface area (Å²) in [5, 5.41) is 2.59. The Morgan fingerprint density at radius 2 is 2.00 bits per heavy atom. The molecule has 1 heterocycles. The largest absolute Gasteiger partial charge is 0.354 e. The minimum absolute atomic E-state index is 0.125. The first kappa shape index (κ1) is 13.4. The van der Waals surface area contributed by atoms with E-state index in [4.69, 9.17) is 0 Å². The third-order valence-electron chi connectivity index (χ3n) is 2.67. The normalized spacial score (nSPS) is 19.8. The molecule has 1 atom stereocenters. The summed E-state index contributed by atoms with van der Waals surface area (Å²) in [5.41, 5.74) is 0. The summed E-state index contributed by atoms with van der Waals surface area (Å²) in [5.74, 6) is -0.125. The van der Waals surface area contributed by atoms with Gasteiger partial charge in [0.05, 0.1) is 4.90 Å². The van der Waals surface area contributed by atoms with Gasteiger partial charge in [-0.3, -0.25) is 4.79 Å². The Bertz CT molecular complexity index is 540. The summed E-state index contributed by atoms with van der Waals surface area (Å²) >= 11 is 1.55. The first-order chi connectivity index (χ1) is 8.51. The zero-order chi connectivity index (χ0) is 13.2. The van der Waals surface area contributed by atoms with Crippen molar-refractivity contribution in [1.29, 1.82) is 0 Å². The molecule has 0 radical (unpaired) electrons. The van der Waals surface area contributed by atoms with Crippen molar-refractivity contribution in [3.8, 4) is 0 Å². The molecule has 0 unspecified atom stereocenters. The van der Waals surface area contributed by atoms with Crippen molar-refractivity contribution in [3.63, 3.8) is 0 Å². The fourth-order valence-electron chi connectivity index (χ4n) is 1.73. The molecule has 1 aromatic rings. The number of nitrogens with one attached hydrogen (secondary N) is 2. The van der Waals surface area contributed by atoms with E-state index >= 15 is 0 Å². The molecule has 2 rings (SSSR count). The van der Waals surface area contributed by atoms with Crippen LogP contribution in [0.3, 0.4) is 0 Å². The number of sulfonamides is 1. The lowest BCUT2D eigenvalue weighted by Crippen LogP contribution is -2.36. The van der Waals surface area contributed by atoms with Gasteiger partial charge in [-0.25, -0.2) is 13.1 Å². The molecule has 18 heavy (non-hydrogen) atoms. The molecule has 7 heteroatoms. The summed E-state index contributed by atoms with van der Waals surface area (Å²) in [4.78, 5) is 12.2. The van der Waals surface area contributed by atoms with Crippen LogP contribution < -0.4 is 10.0 Å². The lowest BCUT2D eigenvalue weighted by Gasteiger charge is -2.11. The van der Waals surface area contributed by atoms with Gasteiger partial charge in [-0.1, -0.05) is 0 Å². The highest BCUT2D eigenvalue weighted by molar-refractivity contribution is 7.98. The number of hydrogen-bond donors (Lipinski definition) is 2. The molecule has 5 nitrogen and oxygen atoms in total. The van der Waals surface area contributed by atoms with Gasteiger partial charge < -0.3 is 5.32 Å². The summed E-state index contributed by atoms with van der Waals surface area (Å²) in [6, 6.07) is 6.30. The molecule has 1 aromatic carbocycles. The molecule has 1 amide bonds. The number of rotatable bonds is 4. The highest BCUT2D eigenvalue weighted by Gasteiger charge is 2.26. The fraction of sp³-hybridized carbons (Fsp3) is 0.364. The van der Waals surface area contributed by atoms with Crippen molar-refractivity contribution in [2.24, 2.45) is 0 Å². The number of amides is 1. The fourth-order valence-corrected chi connectivity index (χ4v) is 3.38. The van der Waals surface area contributed by atoms with E-state index in [1.165, 1.54) is 0 Å². The summed E-state index contributed by atoms with van der Waals surface area (Å²) < 4.78 is 26.6. The summed E-state index contributed by atoms with van der Waals surface area (Å²) in [6.45, 7) is 0.348. The third kappa shape index (κ3) is 3.04. The SMILES string of the molecule is CSc1ccc(S(=O)(=O)N[C@@H]2CNC(=O)C2)cc1. The Labute approximate surface area is 110 Å². The predicted octanol–water partition coefficient (Wildman–Crippen LogP) is 0.575. The number of carbonyl (C=O) groups excluding carboxylic acids is 1. The van der Waals surface area contributed by atoms with E-state index in [1.54, 1.807) is 36.0 Å². The van der Waals surface area contributed by atoms with Crippen LogP contribution in [0.4, 0.5) is 0 Å². The van der Waals surface area contributed by atoms with Crippen LogP contribution in [-0.2, 0) is 14.8 Å². The van der Waals surface area contributed by atoms with Crippen molar-refractivity contribution in [1.82, 2.24) is 10.0 Å². The smallest absolute Gasteiger partial charge is 0.240 e. The van der Waals surface area contributed by atoms with Gasteiger partial charge >= 0.3 is 0 Å². The highest BCUT2D eigenvalue weighted by atomic mass is 32.2. The van der Waals surface area contributed by atoms with Gasteiger partial charge in [0.25, 0.3) is 0 Å². The molecule has 1 fully saturated rings. The van der Waals surface area contributed by atoms with E-state index in [-0.39, 0.29) is 23.3 Å². The second-order valence-corrected chi connectivity index (χ2v) is 6.60. The molecule has 1 saturated heterocycles. The van der Waals surface area contributed by atoms with Crippen LogP contribution in [0.2, 0.25) is 0 Å². The lowest BCUT2D eigenvalue weighted by molar-refractivity contribution is -0.119. The average Bonchev–Trinajstić information content (AvgIpc) is 2.74. The molecule has 0 bridgehead atoms. The highest BCUT2D eigenvalue weighted by Crippen LogP contribution is 2.18. The van der Waals surface area contributed by atoms with E-state index in [0.717, 1.165) is 4.90 Å². The second-order valence-electron chi connectivity index (χ2n) is 4.00. The van der Waals surface area contributed by atoms with Crippen molar-refractivity contribution < 1.29 is 13.2 Å². The van der Waals surface area contributed by atoms with Gasteiger partial charge in [-0.05, 0) is 30.5 Å². The van der Waals surface area contributed by atoms with Crippen LogP contribution in [0.5, 0.6) is 0 Å². The molecular weight excluding hydrogens is 272 g/mol. The Morgan fingerprint density at radius 3 is 2.50 bits per heavy atom. The van der Waals surface area contributed by atoms with E-state index in [2.05, 4.69) is 10.0 Å². The molecule has 0 aromatic heterocycles. The van der Waals surface area contributed by atoms with Crippen molar-refractivity contribution >= 4 is 27.7 Å². The van der Waals surface area contributed by atoms with E-state index in [9.17, 15) is 13.2 Å². The zero-order valence-corrected chi connectivity index (χ0v) is 11.5. The van der Waals surface area contributed by atoms with Gasteiger partial charge in [0.1, 0.15) is 0 Å². The molecule has 98 valence electrons. The minimum atomic E-state index is -3.54. The molecule has 0 spiro atoms. The molecule has 0 saturated carbocycles. The number of thioether (sulfide) groups is 1. The number of carbonyl (C=O) groups is 1. The standard InChI is InChI=1S/C11H14N2O3S2/c1-17-9-2-4-10(5-3-9)18(15,16)13-8-6-11(14)12-7-8/h2-5,8,13H,6-7H2,1H3,(H,12,14)/t8-/m0/s1. The van der Waals surface area contributed by atoms with Gasteiger partial charge in [0.15, 0.2) is 0 Å². The van der Waals surface area contributed by atoms with E-state index < -0.39 is 10.0 Å². The zero-order valence-electron chi connectivity index (χ0n) is 9.84. The predicted molar refractivity (Wildman–Crippen MR) is 70.0 cm³/mol. The molecule has 2 N–H and O–H groups in total. The maximum Gasteiger partial charge on any atom is 0.240 e. The Balaban J connectivity index is 2.12. The Kier molecular flexibility index (Phi) is 3.94. The monoisotopic (exact) mass is 286 g/mol. The number of benzene rings is 1. The van der Waals surface area contributed by atoms with Gasteiger partial charge in [-0.15, -0.1) is 11.8 Å². The molecule has 1 aliphatic heterocycles. The topological polar surface area (TPSA) is 75.3 Å².